The second-order valence-corrected chi connectivity index (χ2v) is 3.71. The zero-order chi connectivity index (χ0) is 12.0. The summed E-state index contributed by atoms with van der Waals surface area (Å²) >= 11 is 0. The molecule has 0 heterocycles. The van der Waals surface area contributed by atoms with Crippen LogP contribution in [-0.4, -0.2) is 19.1 Å². The van der Waals surface area contributed by atoms with Gasteiger partial charge in [0.25, 0.3) is 0 Å². The topological polar surface area (TPSA) is 39.1 Å². The van der Waals surface area contributed by atoms with Crippen LogP contribution in [0.5, 0.6) is 0 Å². The van der Waals surface area contributed by atoms with Gasteiger partial charge in [-0.15, -0.1) is 0 Å². The molecule has 0 aliphatic carbocycles. The lowest BCUT2D eigenvalue weighted by molar-refractivity contribution is 0.866. The summed E-state index contributed by atoms with van der Waals surface area (Å²) in [5, 5.41) is 11.8. The van der Waals surface area contributed by atoms with E-state index in [0.717, 1.165) is 18.8 Å². The second kappa shape index (κ2) is 6.02. The maximum atomic E-state index is 8.69. The lowest BCUT2D eigenvalue weighted by Crippen LogP contribution is -2.21. The van der Waals surface area contributed by atoms with Crippen molar-refractivity contribution >= 4 is 11.4 Å². The highest BCUT2D eigenvalue weighted by molar-refractivity contribution is 5.55. The SMILES string of the molecule is CCN(CC)c1ccc(NC(C)C#N)cc1. The van der Waals surface area contributed by atoms with Gasteiger partial charge in [0.05, 0.1) is 6.07 Å². The molecule has 0 saturated carbocycles. The Labute approximate surface area is 97.7 Å². The molecule has 0 spiro atoms. The van der Waals surface area contributed by atoms with E-state index in [9.17, 15) is 0 Å². The van der Waals surface area contributed by atoms with Crippen LogP contribution in [-0.2, 0) is 0 Å². The van der Waals surface area contributed by atoms with Crippen LogP contribution >= 0.6 is 0 Å². The van der Waals surface area contributed by atoms with Crippen LogP contribution in [0.3, 0.4) is 0 Å². The van der Waals surface area contributed by atoms with Crippen molar-refractivity contribution in [3.8, 4) is 6.07 Å². The van der Waals surface area contributed by atoms with Gasteiger partial charge >= 0.3 is 0 Å². The maximum Gasteiger partial charge on any atom is 0.111 e. The Kier molecular flexibility index (Phi) is 4.65. The summed E-state index contributed by atoms with van der Waals surface area (Å²) in [5.41, 5.74) is 2.21. The maximum absolute atomic E-state index is 8.69. The Bertz CT molecular complexity index is 346. The summed E-state index contributed by atoms with van der Waals surface area (Å²) < 4.78 is 0. The zero-order valence-electron chi connectivity index (χ0n) is 10.2. The van der Waals surface area contributed by atoms with E-state index in [4.69, 9.17) is 5.26 Å². The van der Waals surface area contributed by atoms with E-state index < -0.39 is 0 Å². The van der Waals surface area contributed by atoms with E-state index in [1.54, 1.807) is 0 Å². The van der Waals surface area contributed by atoms with Crippen molar-refractivity contribution in [1.29, 1.82) is 5.26 Å². The second-order valence-electron chi connectivity index (χ2n) is 3.71. The van der Waals surface area contributed by atoms with Crippen molar-refractivity contribution in [2.45, 2.75) is 26.8 Å². The molecule has 16 heavy (non-hydrogen) atoms. The molecule has 1 atom stereocenters. The number of anilines is 2. The Morgan fingerprint density at radius 3 is 2.25 bits per heavy atom. The Morgan fingerprint density at radius 1 is 1.25 bits per heavy atom. The number of benzene rings is 1. The first kappa shape index (κ1) is 12.4. The molecule has 0 fully saturated rings. The molecule has 0 amide bonds. The third-order valence-electron chi connectivity index (χ3n) is 2.57. The van der Waals surface area contributed by atoms with Crippen molar-refractivity contribution in [3.63, 3.8) is 0 Å². The van der Waals surface area contributed by atoms with E-state index in [1.807, 2.05) is 19.1 Å². The molecule has 0 aliphatic heterocycles. The number of nitriles is 1. The molecule has 1 rings (SSSR count). The van der Waals surface area contributed by atoms with Gasteiger partial charge in [-0.2, -0.15) is 5.26 Å². The summed E-state index contributed by atoms with van der Waals surface area (Å²) in [5.74, 6) is 0. The molecule has 3 nitrogen and oxygen atoms in total. The zero-order valence-corrected chi connectivity index (χ0v) is 10.2. The van der Waals surface area contributed by atoms with Gasteiger partial charge in [-0.25, -0.2) is 0 Å². The first-order valence-corrected chi connectivity index (χ1v) is 5.72. The van der Waals surface area contributed by atoms with Gasteiger partial charge in [-0.1, -0.05) is 0 Å². The first-order valence-electron chi connectivity index (χ1n) is 5.72. The minimum Gasteiger partial charge on any atom is -0.372 e. The lowest BCUT2D eigenvalue weighted by atomic mass is 10.2. The quantitative estimate of drug-likeness (QED) is 0.824. The minimum absolute atomic E-state index is 0.153. The highest BCUT2D eigenvalue weighted by Crippen LogP contribution is 2.17. The molecule has 0 aliphatic rings. The van der Waals surface area contributed by atoms with Crippen LogP contribution in [0, 0.1) is 11.3 Å². The highest BCUT2D eigenvalue weighted by Gasteiger charge is 2.02. The summed E-state index contributed by atoms with van der Waals surface area (Å²) in [6.45, 7) is 8.16. The molecule has 1 aromatic rings. The molecule has 0 bridgehead atoms. The average Bonchev–Trinajstić information content (AvgIpc) is 2.32. The molecule has 0 saturated heterocycles. The molecule has 0 radical (unpaired) electrons. The third-order valence-corrected chi connectivity index (χ3v) is 2.57. The van der Waals surface area contributed by atoms with Crippen molar-refractivity contribution in [1.82, 2.24) is 0 Å². The van der Waals surface area contributed by atoms with Crippen LogP contribution in [0.15, 0.2) is 24.3 Å². The molecule has 1 N–H and O–H groups in total. The summed E-state index contributed by atoms with van der Waals surface area (Å²) in [4.78, 5) is 2.29. The fraction of sp³-hybridized carbons (Fsp3) is 0.462. The van der Waals surface area contributed by atoms with Crippen molar-refractivity contribution in [3.05, 3.63) is 24.3 Å². The fourth-order valence-electron chi connectivity index (χ4n) is 1.64. The number of rotatable bonds is 5. The van der Waals surface area contributed by atoms with Crippen LogP contribution in [0.2, 0.25) is 0 Å². The van der Waals surface area contributed by atoms with E-state index >= 15 is 0 Å². The largest absolute Gasteiger partial charge is 0.372 e. The highest BCUT2D eigenvalue weighted by atomic mass is 15.1. The van der Waals surface area contributed by atoms with Crippen LogP contribution in [0.4, 0.5) is 11.4 Å². The predicted octanol–water partition coefficient (Wildman–Crippen LogP) is 2.86. The molecule has 1 aromatic carbocycles. The lowest BCUT2D eigenvalue weighted by Gasteiger charge is -2.21. The molecule has 3 heteroatoms. The van der Waals surface area contributed by atoms with Gasteiger partial charge in [-0.05, 0) is 45.0 Å². The van der Waals surface area contributed by atoms with Gasteiger partial charge in [0.15, 0.2) is 0 Å². The molecule has 1 unspecified atom stereocenters. The molecular weight excluding hydrogens is 198 g/mol. The van der Waals surface area contributed by atoms with Crippen molar-refractivity contribution < 1.29 is 0 Å². The Morgan fingerprint density at radius 2 is 1.81 bits per heavy atom. The van der Waals surface area contributed by atoms with E-state index in [1.165, 1.54) is 5.69 Å². The van der Waals surface area contributed by atoms with Gasteiger partial charge in [0.2, 0.25) is 0 Å². The summed E-state index contributed by atoms with van der Waals surface area (Å²) in [7, 11) is 0. The van der Waals surface area contributed by atoms with E-state index in [-0.39, 0.29) is 6.04 Å². The molecule has 86 valence electrons. The Balaban J connectivity index is 2.71. The standard InChI is InChI=1S/C13H19N3/c1-4-16(5-2)13-8-6-12(7-9-13)15-11(3)10-14/h6-9,11,15H,4-5H2,1-3H3. The van der Waals surface area contributed by atoms with Gasteiger partial charge in [0.1, 0.15) is 6.04 Å². The predicted molar refractivity (Wildman–Crippen MR) is 68.7 cm³/mol. The van der Waals surface area contributed by atoms with E-state index in [2.05, 4.69) is 42.3 Å². The minimum atomic E-state index is -0.153. The number of hydrogen-bond donors (Lipinski definition) is 1. The van der Waals surface area contributed by atoms with Crippen LogP contribution in [0.25, 0.3) is 0 Å². The average molecular weight is 217 g/mol. The monoisotopic (exact) mass is 217 g/mol. The molecular formula is C13H19N3. The van der Waals surface area contributed by atoms with Gasteiger partial charge in [-0.3, -0.25) is 0 Å². The number of nitrogens with one attached hydrogen (secondary N) is 1. The number of nitrogens with zero attached hydrogens (tertiary/aromatic N) is 2. The van der Waals surface area contributed by atoms with Gasteiger partial charge in [0, 0.05) is 24.5 Å². The normalized spacial score (nSPS) is 11.6. The van der Waals surface area contributed by atoms with Gasteiger partial charge < -0.3 is 10.2 Å². The fourth-order valence-corrected chi connectivity index (χ4v) is 1.64. The van der Waals surface area contributed by atoms with Crippen molar-refractivity contribution in [2.24, 2.45) is 0 Å². The molecule has 0 aromatic heterocycles. The van der Waals surface area contributed by atoms with Crippen molar-refractivity contribution in [2.75, 3.05) is 23.3 Å². The summed E-state index contributed by atoms with van der Waals surface area (Å²) in [6, 6.07) is 10.2. The van der Waals surface area contributed by atoms with Crippen LogP contribution in [0.1, 0.15) is 20.8 Å². The van der Waals surface area contributed by atoms with Crippen LogP contribution < -0.4 is 10.2 Å². The Hall–Kier alpha value is -1.69. The van der Waals surface area contributed by atoms with E-state index in [0.29, 0.717) is 0 Å². The third kappa shape index (κ3) is 3.16. The smallest absolute Gasteiger partial charge is 0.111 e. The first-order chi connectivity index (χ1) is 7.71. The summed E-state index contributed by atoms with van der Waals surface area (Å²) in [6.07, 6.45) is 0. The number of hydrogen-bond acceptors (Lipinski definition) is 3.